The second-order valence-corrected chi connectivity index (χ2v) is 4.47. The summed E-state index contributed by atoms with van der Waals surface area (Å²) in [5, 5.41) is 11.1. The lowest BCUT2D eigenvalue weighted by molar-refractivity contribution is -0.137. The van der Waals surface area contributed by atoms with Crippen LogP contribution in [0, 0.1) is 11.6 Å². The van der Waals surface area contributed by atoms with Crippen molar-refractivity contribution < 1.29 is 23.5 Å². The molecule has 0 spiro atoms. The monoisotopic (exact) mass is 285 g/mol. The first-order valence-corrected chi connectivity index (χ1v) is 6.41. The molecule has 0 aliphatic heterocycles. The van der Waals surface area contributed by atoms with Gasteiger partial charge < -0.3 is 10.4 Å². The summed E-state index contributed by atoms with van der Waals surface area (Å²) in [5.74, 6) is -2.58. The minimum Gasteiger partial charge on any atom is -0.481 e. The normalized spacial score (nSPS) is 10.3. The molecule has 0 atom stereocenters. The van der Waals surface area contributed by atoms with Crippen LogP contribution in [0.4, 0.5) is 8.78 Å². The second kappa shape index (κ2) is 8.24. The lowest BCUT2D eigenvalue weighted by Gasteiger charge is -2.06. The summed E-state index contributed by atoms with van der Waals surface area (Å²) in [6.45, 7) is 0.418. The summed E-state index contributed by atoms with van der Waals surface area (Å²) in [7, 11) is 0. The van der Waals surface area contributed by atoms with Gasteiger partial charge in [-0.05, 0) is 24.5 Å². The molecule has 1 aromatic rings. The van der Waals surface area contributed by atoms with Crippen molar-refractivity contribution in [2.75, 3.05) is 6.54 Å². The van der Waals surface area contributed by atoms with Crippen molar-refractivity contribution in [3.05, 3.63) is 35.4 Å². The van der Waals surface area contributed by atoms with E-state index in [1.54, 1.807) is 0 Å². The van der Waals surface area contributed by atoms with Crippen molar-refractivity contribution in [3.63, 3.8) is 0 Å². The molecule has 1 amide bonds. The van der Waals surface area contributed by atoms with Crippen molar-refractivity contribution in [2.24, 2.45) is 0 Å². The van der Waals surface area contributed by atoms with Gasteiger partial charge >= 0.3 is 5.97 Å². The Labute approximate surface area is 115 Å². The topological polar surface area (TPSA) is 66.4 Å². The van der Waals surface area contributed by atoms with Gasteiger partial charge in [0.2, 0.25) is 5.91 Å². The van der Waals surface area contributed by atoms with Crippen LogP contribution in [0.2, 0.25) is 0 Å². The number of benzene rings is 1. The number of amides is 1. The maximum atomic E-state index is 13.3. The van der Waals surface area contributed by atoms with E-state index in [1.165, 1.54) is 6.07 Å². The quantitative estimate of drug-likeness (QED) is 0.720. The lowest BCUT2D eigenvalue weighted by atomic mass is 10.1. The smallest absolute Gasteiger partial charge is 0.303 e. The predicted octanol–water partition coefficient (Wildman–Crippen LogP) is 2.27. The molecule has 0 heterocycles. The van der Waals surface area contributed by atoms with Gasteiger partial charge in [0.15, 0.2) is 0 Å². The molecule has 0 unspecified atom stereocenters. The second-order valence-electron chi connectivity index (χ2n) is 4.47. The number of carboxylic acids is 1. The molecule has 1 aromatic carbocycles. The highest BCUT2D eigenvalue weighted by molar-refractivity contribution is 5.78. The van der Waals surface area contributed by atoms with E-state index in [0.717, 1.165) is 12.1 Å². The Morgan fingerprint density at radius 2 is 1.90 bits per heavy atom. The van der Waals surface area contributed by atoms with Crippen LogP contribution in [0.5, 0.6) is 0 Å². The van der Waals surface area contributed by atoms with Crippen LogP contribution < -0.4 is 5.32 Å². The Bertz CT molecular complexity index is 477. The zero-order valence-corrected chi connectivity index (χ0v) is 11.0. The molecule has 20 heavy (non-hydrogen) atoms. The Morgan fingerprint density at radius 1 is 1.15 bits per heavy atom. The van der Waals surface area contributed by atoms with Crippen LogP contribution in [-0.4, -0.2) is 23.5 Å². The van der Waals surface area contributed by atoms with Gasteiger partial charge in [-0.1, -0.05) is 12.5 Å². The van der Waals surface area contributed by atoms with Crippen LogP contribution in [0.25, 0.3) is 0 Å². The summed E-state index contributed by atoms with van der Waals surface area (Å²) in [6, 6.07) is 3.10. The first-order chi connectivity index (χ1) is 9.49. The zero-order valence-electron chi connectivity index (χ0n) is 11.0. The fourth-order valence-corrected chi connectivity index (χ4v) is 1.71. The van der Waals surface area contributed by atoms with E-state index in [0.29, 0.717) is 25.8 Å². The van der Waals surface area contributed by atoms with Gasteiger partial charge in [0.25, 0.3) is 0 Å². The highest BCUT2D eigenvalue weighted by Crippen LogP contribution is 2.10. The summed E-state index contributed by atoms with van der Waals surface area (Å²) in [5.41, 5.74) is 0.148. The average Bonchev–Trinajstić information content (AvgIpc) is 2.36. The number of halogens is 2. The maximum Gasteiger partial charge on any atom is 0.303 e. The van der Waals surface area contributed by atoms with Gasteiger partial charge in [-0.3, -0.25) is 9.59 Å². The number of hydrogen-bond donors (Lipinski definition) is 2. The molecule has 0 fully saturated rings. The van der Waals surface area contributed by atoms with Gasteiger partial charge in [0.1, 0.15) is 11.6 Å². The molecule has 0 saturated heterocycles. The van der Waals surface area contributed by atoms with E-state index in [1.807, 2.05) is 0 Å². The van der Waals surface area contributed by atoms with Gasteiger partial charge in [-0.2, -0.15) is 0 Å². The Morgan fingerprint density at radius 3 is 2.55 bits per heavy atom. The number of aliphatic carboxylic acids is 1. The largest absolute Gasteiger partial charge is 0.481 e. The van der Waals surface area contributed by atoms with E-state index in [2.05, 4.69) is 5.32 Å². The van der Waals surface area contributed by atoms with E-state index in [4.69, 9.17) is 5.11 Å². The number of nitrogens with one attached hydrogen (secondary N) is 1. The molecular weight excluding hydrogens is 268 g/mol. The van der Waals surface area contributed by atoms with E-state index < -0.39 is 17.6 Å². The number of carboxylic acid groups (broad SMARTS) is 1. The van der Waals surface area contributed by atoms with Crippen LogP contribution >= 0.6 is 0 Å². The Hall–Kier alpha value is -1.98. The molecule has 0 radical (unpaired) electrons. The third-order valence-electron chi connectivity index (χ3n) is 2.76. The highest BCUT2D eigenvalue weighted by atomic mass is 19.1. The molecule has 6 heteroatoms. The van der Waals surface area contributed by atoms with Crippen molar-refractivity contribution in [2.45, 2.75) is 32.1 Å². The Kier molecular flexibility index (Phi) is 6.63. The first kappa shape index (κ1) is 16.1. The summed E-state index contributed by atoms with van der Waals surface area (Å²) >= 11 is 0. The molecule has 0 bridgehead atoms. The van der Waals surface area contributed by atoms with Gasteiger partial charge in [0.05, 0.1) is 6.42 Å². The SMILES string of the molecule is O=C(O)CCCCCNC(=O)Cc1ccc(F)cc1F. The van der Waals surface area contributed by atoms with E-state index in [9.17, 15) is 18.4 Å². The lowest BCUT2D eigenvalue weighted by Crippen LogP contribution is -2.26. The van der Waals surface area contributed by atoms with E-state index in [-0.39, 0.29) is 24.3 Å². The molecule has 4 nitrogen and oxygen atoms in total. The number of carbonyl (C=O) groups excluding carboxylic acids is 1. The predicted molar refractivity (Wildman–Crippen MR) is 69.2 cm³/mol. The van der Waals surface area contributed by atoms with E-state index >= 15 is 0 Å². The molecule has 0 aromatic heterocycles. The van der Waals surface area contributed by atoms with Crippen LogP contribution in [0.3, 0.4) is 0 Å². The Balaban J connectivity index is 2.22. The number of unbranched alkanes of at least 4 members (excludes halogenated alkanes) is 2. The molecule has 2 N–H and O–H groups in total. The van der Waals surface area contributed by atoms with Crippen LogP contribution in [-0.2, 0) is 16.0 Å². The van der Waals surface area contributed by atoms with Crippen molar-refractivity contribution >= 4 is 11.9 Å². The molecule has 0 aliphatic rings. The zero-order chi connectivity index (χ0) is 15.0. The third-order valence-corrected chi connectivity index (χ3v) is 2.76. The summed E-state index contributed by atoms with van der Waals surface area (Å²) in [6.07, 6.45) is 1.93. The summed E-state index contributed by atoms with van der Waals surface area (Å²) in [4.78, 5) is 21.8. The number of hydrogen-bond acceptors (Lipinski definition) is 2. The highest BCUT2D eigenvalue weighted by Gasteiger charge is 2.08. The molecule has 0 saturated carbocycles. The standard InChI is InChI=1S/C14H17F2NO3/c15-11-6-5-10(12(16)9-11)8-13(18)17-7-3-1-2-4-14(19)20/h5-6,9H,1-4,7-8H2,(H,17,18)(H,19,20). The van der Waals surface area contributed by atoms with Crippen molar-refractivity contribution in [1.82, 2.24) is 5.32 Å². The van der Waals surface area contributed by atoms with Gasteiger partial charge in [0, 0.05) is 19.0 Å². The van der Waals surface area contributed by atoms with Crippen LogP contribution in [0.1, 0.15) is 31.2 Å². The van der Waals surface area contributed by atoms with Crippen molar-refractivity contribution in [3.8, 4) is 0 Å². The summed E-state index contributed by atoms with van der Waals surface area (Å²) < 4.78 is 26.0. The number of rotatable bonds is 8. The fourth-order valence-electron chi connectivity index (χ4n) is 1.71. The minimum absolute atomic E-state index is 0.120. The van der Waals surface area contributed by atoms with Gasteiger partial charge in [-0.15, -0.1) is 0 Å². The van der Waals surface area contributed by atoms with Gasteiger partial charge in [-0.25, -0.2) is 8.78 Å². The average molecular weight is 285 g/mol. The third kappa shape index (κ3) is 6.26. The number of carbonyl (C=O) groups is 2. The molecule has 0 aliphatic carbocycles. The molecular formula is C14H17F2NO3. The maximum absolute atomic E-state index is 13.3. The molecule has 1 rings (SSSR count). The molecule has 110 valence electrons. The van der Waals surface area contributed by atoms with Crippen LogP contribution in [0.15, 0.2) is 18.2 Å². The first-order valence-electron chi connectivity index (χ1n) is 6.41. The van der Waals surface area contributed by atoms with Crippen molar-refractivity contribution in [1.29, 1.82) is 0 Å². The minimum atomic E-state index is -0.833. The fraction of sp³-hybridized carbons (Fsp3) is 0.429.